The largest absolute Gasteiger partial charge is 0.505 e. The molecule has 2 rings (SSSR count). The highest BCUT2D eigenvalue weighted by Crippen LogP contribution is 2.33. The molecule has 0 bridgehead atoms. The minimum Gasteiger partial charge on any atom is -0.505 e. The smallest absolute Gasteiger partial charge is 0.416 e. The maximum Gasteiger partial charge on any atom is 0.416 e. The number of aryl methyl sites for hydroxylation is 1. The summed E-state index contributed by atoms with van der Waals surface area (Å²) in [5, 5.41) is 9.09. The molecule has 19 heavy (non-hydrogen) atoms. The minimum absolute atomic E-state index is 0.389. The van der Waals surface area contributed by atoms with Gasteiger partial charge in [0, 0.05) is 0 Å². The molecule has 5 heteroatoms. The number of phenolic OH excluding ortho intramolecular Hbond substituents is 1. The van der Waals surface area contributed by atoms with Crippen LogP contribution in [-0.4, -0.2) is 5.11 Å². The van der Waals surface area contributed by atoms with Crippen molar-refractivity contribution in [1.29, 1.82) is 0 Å². The summed E-state index contributed by atoms with van der Waals surface area (Å²) in [5.74, 6) is -1.30. The van der Waals surface area contributed by atoms with Gasteiger partial charge < -0.3 is 5.11 Å². The quantitative estimate of drug-likeness (QED) is 0.755. The monoisotopic (exact) mass is 270 g/mol. The van der Waals surface area contributed by atoms with Gasteiger partial charge in [-0.25, -0.2) is 4.39 Å². The fraction of sp³-hybridized carbons (Fsp3) is 0.143. The molecule has 0 amide bonds. The van der Waals surface area contributed by atoms with Crippen LogP contribution < -0.4 is 0 Å². The van der Waals surface area contributed by atoms with Gasteiger partial charge in [-0.1, -0.05) is 12.1 Å². The summed E-state index contributed by atoms with van der Waals surface area (Å²) in [6.45, 7) is 1.52. The van der Waals surface area contributed by atoms with E-state index in [2.05, 4.69) is 0 Å². The Kier molecular flexibility index (Phi) is 3.22. The molecule has 0 radical (unpaired) electrons. The molecular weight excluding hydrogens is 260 g/mol. The predicted octanol–water partition coefficient (Wildman–Crippen LogP) is 4.53. The molecule has 0 aliphatic rings. The van der Waals surface area contributed by atoms with Crippen molar-refractivity contribution in [2.24, 2.45) is 0 Å². The van der Waals surface area contributed by atoms with E-state index in [1.807, 2.05) is 0 Å². The topological polar surface area (TPSA) is 20.2 Å². The Bertz CT molecular complexity index is 617. The van der Waals surface area contributed by atoms with Crippen LogP contribution in [0.2, 0.25) is 0 Å². The fourth-order valence-corrected chi connectivity index (χ4v) is 1.84. The molecule has 1 N–H and O–H groups in total. The van der Waals surface area contributed by atoms with Crippen molar-refractivity contribution in [2.45, 2.75) is 13.1 Å². The van der Waals surface area contributed by atoms with Gasteiger partial charge in [0.15, 0.2) is 11.6 Å². The normalized spacial score (nSPS) is 11.6. The van der Waals surface area contributed by atoms with Gasteiger partial charge in [-0.3, -0.25) is 0 Å². The number of hydrogen-bond donors (Lipinski definition) is 1. The molecule has 0 aliphatic carbocycles. The van der Waals surface area contributed by atoms with Gasteiger partial charge in [-0.05, 0) is 47.9 Å². The summed E-state index contributed by atoms with van der Waals surface area (Å²) < 4.78 is 50.8. The third-order valence-corrected chi connectivity index (χ3v) is 2.81. The number of alkyl halides is 3. The van der Waals surface area contributed by atoms with Gasteiger partial charge >= 0.3 is 6.18 Å². The fourth-order valence-electron chi connectivity index (χ4n) is 1.84. The lowest BCUT2D eigenvalue weighted by atomic mass is 9.98. The lowest BCUT2D eigenvalue weighted by Crippen LogP contribution is -2.05. The lowest BCUT2D eigenvalue weighted by molar-refractivity contribution is -0.137. The first-order valence-corrected chi connectivity index (χ1v) is 5.46. The summed E-state index contributed by atoms with van der Waals surface area (Å²) in [4.78, 5) is 0. The Morgan fingerprint density at radius 2 is 1.68 bits per heavy atom. The van der Waals surface area contributed by atoms with E-state index in [1.165, 1.54) is 25.1 Å². The van der Waals surface area contributed by atoms with Gasteiger partial charge in [0.2, 0.25) is 0 Å². The van der Waals surface area contributed by atoms with E-state index in [-0.39, 0.29) is 0 Å². The van der Waals surface area contributed by atoms with Crippen molar-refractivity contribution in [1.82, 2.24) is 0 Å². The van der Waals surface area contributed by atoms with E-state index in [0.29, 0.717) is 16.7 Å². The molecule has 0 fully saturated rings. The Morgan fingerprint density at radius 3 is 2.21 bits per heavy atom. The minimum atomic E-state index is -4.40. The first kappa shape index (κ1) is 13.4. The molecule has 1 nitrogen and oxygen atoms in total. The lowest BCUT2D eigenvalue weighted by Gasteiger charge is -2.11. The Hall–Kier alpha value is -2.04. The molecule has 0 spiro atoms. The van der Waals surface area contributed by atoms with Crippen molar-refractivity contribution in [2.75, 3.05) is 0 Å². The maximum atomic E-state index is 13.2. The van der Waals surface area contributed by atoms with Crippen molar-refractivity contribution in [3.05, 3.63) is 53.3 Å². The van der Waals surface area contributed by atoms with Crippen LogP contribution in [-0.2, 0) is 6.18 Å². The van der Waals surface area contributed by atoms with E-state index in [1.54, 1.807) is 0 Å². The summed E-state index contributed by atoms with van der Waals surface area (Å²) in [5.41, 5.74) is 0.557. The molecule has 0 atom stereocenters. The Labute approximate surface area is 107 Å². The molecule has 0 saturated carbocycles. The first-order chi connectivity index (χ1) is 8.79. The van der Waals surface area contributed by atoms with E-state index < -0.39 is 23.3 Å². The number of phenols is 1. The molecule has 0 unspecified atom stereocenters. The van der Waals surface area contributed by atoms with E-state index in [0.717, 1.165) is 18.2 Å². The molecule has 0 aliphatic heterocycles. The standard InChI is InChI=1S/C14H10F4O/c1-8-6-10(14(16,17)18)3-4-11(8)9-2-5-13(19)12(15)7-9/h2-7,19H,1H3. The average molecular weight is 270 g/mol. The maximum absolute atomic E-state index is 13.2. The van der Waals surface area contributed by atoms with Crippen LogP contribution in [0.1, 0.15) is 11.1 Å². The van der Waals surface area contributed by atoms with Crippen LogP contribution >= 0.6 is 0 Å². The van der Waals surface area contributed by atoms with Gasteiger partial charge in [0.25, 0.3) is 0 Å². The van der Waals surface area contributed by atoms with Gasteiger partial charge in [0.05, 0.1) is 5.56 Å². The first-order valence-electron chi connectivity index (χ1n) is 5.46. The molecule has 0 heterocycles. The van der Waals surface area contributed by atoms with Crippen LogP contribution in [0, 0.1) is 12.7 Å². The van der Waals surface area contributed by atoms with Crippen LogP contribution in [0.4, 0.5) is 17.6 Å². The van der Waals surface area contributed by atoms with Gasteiger partial charge in [-0.15, -0.1) is 0 Å². The third kappa shape index (κ3) is 2.70. The second-order valence-electron chi connectivity index (χ2n) is 4.19. The highest BCUT2D eigenvalue weighted by Gasteiger charge is 2.30. The molecular formula is C14H10F4O. The van der Waals surface area contributed by atoms with Crippen molar-refractivity contribution in [3.63, 3.8) is 0 Å². The number of hydrogen-bond acceptors (Lipinski definition) is 1. The molecule has 2 aromatic carbocycles. The van der Waals surface area contributed by atoms with E-state index in [4.69, 9.17) is 5.11 Å². The zero-order chi connectivity index (χ0) is 14.2. The molecule has 0 aromatic heterocycles. The zero-order valence-corrected chi connectivity index (χ0v) is 9.92. The SMILES string of the molecule is Cc1cc(C(F)(F)F)ccc1-c1ccc(O)c(F)c1. The highest BCUT2D eigenvalue weighted by atomic mass is 19.4. The Morgan fingerprint density at radius 1 is 1.00 bits per heavy atom. The second kappa shape index (κ2) is 4.57. The summed E-state index contributed by atoms with van der Waals surface area (Å²) in [6, 6.07) is 6.97. The summed E-state index contributed by atoms with van der Waals surface area (Å²) >= 11 is 0. The summed E-state index contributed by atoms with van der Waals surface area (Å²) in [7, 11) is 0. The van der Waals surface area contributed by atoms with Crippen molar-refractivity contribution < 1.29 is 22.7 Å². The summed E-state index contributed by atoms with van der Waals surface area (Å²) in [6.07, 6.45) is -4.40. The van der Waals surface area contributed by atoms with Crippen molar-refractivity contribution >= 4 is 0 Å². The van der Waals surface area contributed by atoms with Crippen LogP contribution in [0.5, 0.6) is 5.75 Å². The van der Waals surface area contributed by atoms with Gasteiger partial charge in [0.1, 0.15) is 0 Å². The van der Waals surface area contributed by atoms with E-state index in [9.17, 15) is 17.6 Å². The molecule has 0 saturated heterocycles. The van der Waals surface area contributed by atoms with Crippen LogP contribution in [0.25, 0.3) is 11.1 Å². The molecule has 100 valence electrons. The van der Waals surface area contributed by atoms with Crippen LogP contribution in [0.3, 0.4) is 0 Å². The second-order valence-corrected chi connectivity index (χ2v) is 4.19. The van der Waals surface area contributed by atoms with Gasteiger partial charge in [-0.2, -0.15) is 13.2 Å². The van der Waals surface area contributed by atoms with Crippen molar-refractivity contribution in [3.8, 4) is 16.9 Å². The average Bonchev–Trinajstić information content (AvgIpc) is 2.31. The molecule has 2 aromatic rings. The number of aromatic hydroxyl groups is 1. The van der Waals surface area contributed by atoms with E-state index >= 15 is 0 Å². The van der Waals surface area contributed by atoms with Crippen LogP contribution in [0.15, 0.2) is 36.4 Å². The third-order valence-electron chi connectivity index (χ3n) is 2.81. The number of benzene rings is 2. The number of halogens is 4. The predicted molar refractivity (Wildman–Crippen MR) is 63.2 cm³/mol. The zero-order valence-electron chi connectivity index (χ0n) is 9.92. The Balaban J connectivity index is 2.49. The number of rotatable bonds is 1. The highest BCUT2D eigenvalue weighted by molar-refractivity contribution is 5.68.